The molecule has 0 heterocycles. The lowest BCUT2D eigenvalue weighted by Gasteiger charge is -2.31. The molecule has 1 aliphatic rings. The average molecular weight is 379 g/mol. The van der Waals surface area contributed by atoms with E-state index in [1.807, 2.05) is 29.2 Å². The molecule has 0 unspecified atom stereocenters. The van der Waals surface area contributed by atoms with Gasteiger partial charge >= 0.3 is 0 Å². The Hall–Kier alpha value is -1.55. The molecule has 1 saturated carbocycles. The summed E-state index contributed by atoms with van der Waals surface area (Å²) in [6.07, 6.45) is 5.19. The highest BCUT2D eigenvalue weighted by Gasteiger charge is 2.31. The fourth-order valence-electron chi connectivity index (χ4n) is 3.70. The monoisotopic (exact) mass is 378 g/mol. The minimum absolute atomic E-state index is 0.00679. The molecule has 0 radical (unpaired) electrons. The third kappa shape index (κ3) is 5.73. The number of nitrogens with one attached hydrogen (secondary N) is 1. The number of nitrogens with zero attached hydrogens (tertiary/aromatic N) is 1. The minimum Gasteiger partial charge on any atom is -0.352 e. The lowest BCUT2D eigenvalue weighted by atomic mass is 9.81. The van der Waals surface area contributed by atoms with E-state index in [9.17, 15) is 9.59 Å². The van der Waals surface area contributed by atoms with E-state index >= 15 is 0 Å². The maximum Gasteiger partial charge on any atom is 0.225 e. The SMILES string of the molecule is CCCN(CCC)C(=O)C1CCC(C(=O)NCc2ccccc2Cl)CC1. The van der Waals surface area contributed by atoms with Crippen LogP contribution in [0.15, 0.2) is 24.3 Å². The zero-order chi connectivity index (χ0) is 18.9. The molecule has 5 heteroatoms. The fourth-order valence-corrected chi connectivity index (χ4v) is 3.90. The van der Waals surface area contributed by atoms with Crippen LogP contribution in [0.5, 0.6) is 0 Å². The zero-order valence-corrected chi connectivity index (χ0v) is 16.7. The highest BCUT2D eigenvalue weighted by molar-refractivity contribution is 6.31. The van der Waals surface area contributed by atoms with Crippen molar-refractivity contribution in [1.82, 2.24) is 10.2 Å². The van der Waals surface area contributed by atoms with Crippen LogP contribution < -0.4 is 5.32 Å². The van der Waals surface area contributed by atoms with Crippen LogP contribution in [0.3, 0.4) is 0 Å². The molecule has 0 bridgehead atoms. The number of hydrogen-bond donors (Lipinski definition) is 1. The number of hydrogen-bond acceptors (Lipinski definition) is 2. The summed E-state index contributed by atoms with van der Waals surface area (Å²) in [5.41, 5.74) is 0.932. The smallest absolute Gasteiger partial charge is 0.225 e. The van der Waals surface area contributed by atoms with Gasteiger partial charge in [0, 0.05) is 36.5 Å². The van der Waals surface area contributed by atoms with E-state index in [2.05, 4.69) is 19.2 Å². The van der Waals surface area contributed by atoms with Crippen LogP contribution in [0.25, 0.3) is 0 Å². The predicted octanol–water partition coefficient (Wildman–Crippen LogP) is 4.41. The van der Waals surface area contributed by atoms with Crippen molar-refractivity contribution in [3.05, 3.63) is 34.9 Å². The predicted molar refractivity (Wildman–Crippen MR) is 106 cm³/mol. The molecule has 0 atom stereocenters. The highest BCUT2D eigenvalue weighted by atomic mass is 35.5. The lowest BCUT2D eigenvalue weighted by Crippen LogP contribution is -2.40. The van der Waals surface area contributed by atoms with E-state index in [0.717, 1.165) is 57.2 Å². The standard InChI is InChI=1S/C21H31ClN2O2/c1-3-13-24(14-4-2)21(26)17-11-9-16(10-12-17)20(25)23-15-18-7-5-6-8-19(18)22/h5-8,16-17H,3-4,9-15H2,1-2H3,(H,23,25). The summed E-state index contributed by atoms with van der Waals surface area (Å²) in [6.45, 7) is 6.35. The Morgan fingerprint density at radius 2 is 1.62 bits per heavy atom. The Balaban J connectivity index is 1.80. The van der Waals surface area contributed by atoms with Crippen molar-refractivity contribution in [2.24, 2.45) is 11.8 Å². The molecule has 2 amide bonds. The normalized spacial score (nSPS) is 19.8. The summed E-state index contributed by atoms with van der Waals surface area (Å²) < 4.78 is 0. The summed E-state index contributed by atoms with van der Waals surface area (Å²) in [6, 6.07) is 7.56. The van der Waals surface area contributed by atoms with Crippen LogP contribution in [0.1, 0.15) is 57.9 Å². The third-order valence-corrected chi connectivity index (χ3v) is 5.53. The molecule has 0 saturated heterocycles. The first-order valence-electron chi connectivity index (χ1n) is 9.86. The van der Waals surface area contributed by atoms with Crippen LogP contribution in [0.4, 0.5) is 0 Å². The summed E-state index contributed by atoms with van der Waals surface area (Å²) in [7, 11) is 0. The number of carbonyl (C=O) groups excluding carboxylic acids is 2. The van der Waals surface area contributed by atoms with Crippen LogP contribution in [0.2, 0.25) is 5.02 Å². The molecule has 0 spiro atoms. The topological polar surface area (TPSA) is 49.4 Å². The van der Waals surface area contributed by atoms with Crippen LogP contribution in [0, 0.1) is 11.8 Å². The molecule has 26 heavy (non-hydrogen) atoms. The molecule has 4 nitrogen and oxygen atoms in total. The van der Waals surface area contributed by atoms with Gasteiger partial charge in [-0.3, -0.25) is 9.59 Å². The first kappa shape index (κ1) is 20.8. The number of benzene rings is 1. The van der Waals surface area contributed by atoms with E-state index in [1.54, 1.807) is 0 Å². The second-order valence-electron chi connectivity index (χ2n) is 7.18. The molecular weight excluding hydrogens is 348 g/mol. The van der Waals surface area contributed by atoms with Crippen LogP contribution in [-0.4, -0.2) is 29.8 Å². The van der Waals surface area contributed by atoms with Gasteiger partial charge in [-0.15, -0.1) is 0 Å². The van der Waals surface area contributed by atoms with Gasteiger partial charge in [-0.25, -0.2) is 0 Å². The third-order valence-electron chi connectivity index (χ3n) is 5.16. The highest BCUT2D eigenvalue weighted by Crippen LogP contribution is 2.30. The molecular formula is C21H31ClN2O2. The Morgan fingerprint density at radius 1 is 1.04 bits per heavy atom. The molecule has 1 fully saturated rings. The van der Waals surface area contributed by atoms with Crippen LogP contribution >= 0.6 is 11.6 Å². The first-order valence-corrected chi connectivity index (χ1v) is 10.2. The van der Waals surface area contributed by atoms with E-state index in [4.69, 9.17) is 11.6 Å². The maximum atomic E-state index is 12.7. The van der Waals surface area contributed by atoms with Crippen molar-refractivity contribution in [2.45, 2.75) is 58.9 Å². The number of amides is 2. The number of halogens is 1. The zero-order valence-electron chi connectivity index (χ0n) is 16.0. The molecule has 1 aromatic carbocycles. The van der Waals surface area contributed by atoms with E-state index in [0.29, 0.717) is 11.6 Å². The van der Waals surface area contributed by atoms with Gasteiger partial charge in [0.25, 0.3) is 0 Å². The lowest BCUT2D eigenvalue weighted by molar-refractivity contribution is -0.138. The Kier molecular flexibility index (Phi) is 8.43. The molecule has 2 rings (SSSR count). The van der Waals surface area contributed by atoms with Gasteiger partial charge in [0.1, 0.15) is 0 Å². The van der Waals surface area contributed by atoms with Gasteiger partial charge in [0.2, 0.25) is 11.8 Å². The van der Waals surface area contributed by atoms with Gasteiger partial charge in [-0.2, -0.15) is 0 Å². The summed E-state index contributed by atoms with van der Waals surface area (Å²) >= 11 is 6.13. The maximum absolute atomic E-state index is 12.7. The van der Waals surface area contributed by atoms with E-state index < -0.39 is 0 Å². The van der Waals surface area contributed by atoms with Gasteiger partial charge in [-0.05, 0) is 50.2 Å². The van der Waals surface area contributed by atoms with Crippen molar-refractivity contribution in [3.8, 4) is 0 Å². The largest absolute Gasteiger partial charge is 0.352 e. The summed E-state index contributed by atoms with van der Waals surface area (Å²) in [5.74, 6) is 0.450. The van der Waals surface area contributed by atoms with Gasteiger partial charge in [0.05, 0.1) is 0 Å². The Labute approximate surface area is 162 Å². The van der Waals surface area contributed by atoms with Crippen molar-refractivity contribution in [1.29, 1.82) is 0 Å². The Morgan fingerprint density at radius 3 is 2.19 bits per heavy atom. The van der Waals surface area contributed by atoms with E-state index in [-0.39, 0.29) is 23.7 Å². The Bertz CT molecular complexity index is 591. The quantitative estimate of drug-likeness (QED) is 0.728. The molecule has 1 aromatic rings. The average Bonchev–Trinajstić information content (AvgIpc) is 2.66. The van der Waals surface area contributed by atoms with Crippen molar-refractivity contribution in [3.63, 3.8) is 0 Å². The van der Waals surface area contributed by atoms with Gasteiger partial charge in [-0.1, -0.05) is 43.6 Å². The number of rotatable bonds is 8. The molecule has 1 aliphatic carbocycles. The van der Waals surface area contributed by atoms with Gasteiger partial charge < -0.3 is 10.2 Å². The van der Waals surface area contributed by atoms with Crippen LogP contribution in [-0.2, 0) is 16.1 Å². The fraction of sp³-hybridized carbons (Fsp3) is 0.619. The molecule has 1 N–H and O–H groups in total. The summed E-state index contributed by atoms with van der Waals surface area (Å²) in [4.78, 5) is 27.2. The molecule has 144 valence electrons. The molecule has 0 aromatic heterocycles. The van der Waals surface area contributed by atoms with Crippen molar-refractivity contribution >= 4 is 23.4 Å². The minimum atomic E-state index is 0.00679. The molecule has 0 aliphatic heterocycles. The number of carbonyl (C=O) groups is 2. The second kappa shape index (κ2) is 10.6. The van der Waals surface area contributed by atoms with E-state index in [1.165, 1.54) is 0 Å². The van der Waals surface area contributed by atoms with Gasteiger partial charge in [0.15, 0.2) is 0 Å². The van der Waals surface area contributed by atoms with Crippen molar-refractivity contribution in [2.75, 3.05) is 13.1 Å². The first-order chi connectivity index (χ1) is 12.6. The summed E-state index contributed by atoms with van der Waals surface area (Å²) in [5, 5.41) is 3.67. The van der Waals surface area contributed by atoms with Crippen molar-refractivity contribution < 1.29 is 9.59 Å². The second-order valence-corrected chi connectivity index (χ2v) is 7.59.